The maximum absolute atomic E-state index is 10.9. The Bertz CT molecular complexity index is 489. The van der Waals surface area contributed by atoms with Crippen LogP contribution in [0, 0.1) is 10.1 Å². The molecule has 0 bridgehead atoms. The molecule has 19 heavy (non-hydrogen) atoms. The minimum atomic E-state index is -0.553. The maximum atomic E-state index is 10.9. The van der Waals surface area contributed by atoms with Crippen LogP contribution < -0.4 is 20.9 Å². The molecule has 0 aliphatic heterocycles. The van der Waals surface area contributed by atoms with E-state index in [4.69, 9.17) is 20.9 Å². The minimum absolute atomic E-state index is 0.00817. The Kier molecular flexibility index (Phi) is 5.07. The fourth-order valence-corrected chi connectivity index (χ4v) is 1.46. The van der Waals surface area contributed by atoms with E-state index in [-0.39, 0.29) is 31.0 Å². The summed E-state index contributed by atoms with van der Waals surface area (Å²) in [6.45, 7) is 0.0268. The van der Waals surface area contributed by atoms with Crippen LogP contribution in [0.3, 0.4) is 0 Å². The number of methoxy groups -OCH3 is 1. The molecular formula is C11H15N3O5. The smallest absolute Gasteiger partial charge is 0.277 e. The molecule has 0 saturated carbocycles. The molecule has 104 valence electrons. The van der Waals surface area contributed by atoms with E-state index in [1.54, 1.807) is 0 Å². The minimum Gasteiger partial charge on any atom is -0.493 e. The van der Waals surface area contributed by atoms with Crippen molar-refractivity contribution < 1.29 is 19.2 Å². The molecule has 0 aliphatic carbocycles. The monoisotopic (exact) mass is 269 g/mol. The number of nitro benzene ring substituents is 1. The molecule has 0 unspecified atom stereocenters. The number of ether oxygens (including phenoxy) is 2. The molecule has 1 rings (SSSR count). The SMILES string of the molecule is COc1cc(CN)c([N+](=O)[O-])cc1OCCC(N)=O. The number of benzene rings is 1. The van der Waals surface area contributed by atoms with Crippen LogP contribution in [-0.4, -0.2) is 24.5 Å². The van der Waals surface area contributed by atoms with Crippen molar-refractivity contribution in [2.24, 2.45) is 11.5 Å². The second-order valence-electron chi connectivity index (χ2n) is 3.66. The van der Waals surface area contributed by atoms with Gasteiger partial charge in [0, 0.05) is 12.1 Å². The lowest BCUT2D eigenvalue weighted by Crippen LogP contribution is -2.15. The van der Waals surface area contributed by atoms with Gasteiger partial charge in [0.05, 0.1) is 31.1 Å². The van der Waals surface area contributed by atoms with Gasteiger partial charge >= 0.3 is 0 Å². The van der Waals surface area contributed by atoms with Gasteiger partial charge in [-0.2, -0.15) is 0 Å². The molecule has 0 aromatic heterocycles. The summed E-state index contributed by atoms with van der Waals surface area (Å²) in [5.41, 5.74) is 10.6. The molecule has 8 nitrogen and oxygen atoms in total. The molecule has 0 aliphatic rings. The summed E-state index contributed by atoms with van der Waals surface area (Å²) in [6, 6.07) is 2.67. The third-order valence-corrected chi connectivity index (χ3v) is 2.39. The molecule has 1 aromatic rings. The molecule has 4 N–H and O–H groups in total. The molecule has 0 heterocycles. The number of carbonyl (C=O) groups is 1. The lowest BCUT2D eigenvalue weighted by Gasteiger charge is -2.11. The first-order chi connectivity index (χ1) is 8.99. The summed E-state index contributed by atoms with van der Waals surface area (Å²) in [4.78, 5) is 20.9. The molecular weight excluding hydrogens is 254 g/mol. The highest BCUT2D eigenvalue weighted by Gasteiger charge is 2.18. The predicted molar refractivity (Wildman–Crippen MR) is 66.8 cm³/mol. The highest BCUT2D eigenvalue weighted by Crippen LogP contribution is 2.34. The quantitative estimate of drug-likeness (QED) is 0.541. The van der Waals surface area contributed by atoms with Crippen molar-refractivity contribution in [1.82, 2.24) is 0 Å². The van der Waals surface area contributed by atoms with Crippen LogP contribution in [0.1, 0.15) is 12.0 Å². The Morgan fingerprint density at radius 2 is 2.11 bits per heavy atom. The van der Waals surface area contributed by atoms with Gasteiger partial charge in [-0.3, -0.25) is 14.9 Å². The summed E-state index contributed by atoms with van der Waals surface area (Å²) >= 11 is 0. The summed E-state index contributed by atoms with van der Waals surface area (Å²) in [5, 5.41) is 10.9. The number of nitro groups is 1. The lowest BCUT2D eigenvalue weighted by molar-refractivity contribution is -0.385. The van der Waals surface area contributed by atoms with Crippen molar-refractivity contribution in [1.29, 1.82) is 0 Å². The third-order valence-electron chi connectivity index (χ3n) is 2.39. The first-order valence-electron chi connectivity index (χ1n) is 5.46. The highest BCUT2D eigenvalue weighted by atomic mass is 16.6. The topological polar surface area (TPSA) is 131 Å². The first kappa shape index (κ1) is 14.7. The van der Waals surface area contributed by atoms with E-state index in [9.17, 15) is 14.9 Å². The fraction of sp³-hybridized carbons (Fsp3) is 0.364. The van der Waals surface area contributed by atoms with Gasteiger partial charge in [0.2, 0.25) is 5.91 Å². The largest absolute Gasteiger partial charge is 0.493 e. The van der Waals surface area contributed by atoms with E-state index in [2.05, 4.69) is 0 Å². The lowest BCUT2D eigenvalue weighted by atomic mass is 10.1. The van der Waals surface area contributed by atoms with Gasteiger partial charge in [-0.05, 0) is 6.07 Å². The molecule has 0 spiro atoms. The molecule has 1 aromatic carbocycles. The van der Waals surface area contributed by atoms with Crippen LogP contribution >= 0.6 is 0 Å². The van der Waals surface area contributed by atoms with E-state index in [0.29, 0.717) is 11.3 Å². The van der Waals surface area contributed by atoms with E-state index in [1.807, 2.05) is 0 Å². The van der Waals surface area contributed by atoms with E-state index >= 15 is 0 Å². The summed E-state index contributed by atoms with van der Waals surface area (Å²) in [7, 11) is 1.41. The van der Waals surface area contributed by atoms with Crippen LogP contribution in [-0.2, 0) is 11.3 Å². The molecule has 0 radical (unpaired) electrons. The van der Waals surface area contributed by atoms with E-state index in [1.165, 1.54) is 19.2 Å². The van der Waals surface area contributed by atoms with Gasteiger partial charge in [0.15, 0.2) is 11.5 Å². The number of nitrogens with two attached hydrogens (primary N) is 2. The van der Waals surface area contributed by atoms with Gasteiger partial charge in [0.1, 0.15) is 0 Å². The highest BCUT2D eigenvalue weighted by molar-refractivity contribution is 5.73. The number of primary amides is 1. The number of carbonyl (C=O) groups excluding carboxylic acids is 1. The van der Waals surface area contributed by atoms with Crippen LogP contribution in [0.2, 0.25) is 0 Å². The number of hydrogen-bond acceptors (Lipinski definition) is 6. The van der Waals surface area contributed by atoms with Crippen LogP contribution in [0.4, 0.5) is 5.69 Å². The van der Waals surface area contributed by atoms with Gasteiger partial charge in [-0.15, -0.1) is 0 Å². The molecule has 0 saturated heterocycles. The number of amides is 1. The number of nitrogens with zero attached hydrogens (tertiary/aromatic N) is 1. The fourth-order valence-electron chi connectivity index (χ4n) is 1.46. The van der Waals surface area contributed by atoms with Crippen molar-refractivity contribution in [3.05, 3.63) is 27.8 Å². The van der Waals surface area contributed by atoms with Crippen LogP contribution in [0.5, 0.6) is 11.5 Å². The Balaban J connectivity index is 3.04. The Hall–Kier alpha value is -2.35. The average Bonchev–Trinajstić information content (AvgIpc) is 2.37. The Morgan fingerprint density at radius 1 is 1.42 bits per heavy atom. The van der Waals surface area contributed by atoms with Crippen LogP contribution in [0.15, 0.2) is 12.1 Å². The normalized spacial score (nSPS) is 10.0. The number of hydrogen-bond donors (Lipinski definition) is 2. The zero-order valence-electron chi connectivity index (χ0n) is 10.4. The molecule has 8 heteroatoms. The van der Waals surface area contributed by atoms with Crippen molar-refractivity contribution in [2.45, 2.75) is 13.0 Å². The zero-order valence-corrected chi connectivity index (χ0v) is 10.4. The van der Waals surface area contributed by atoms with Crippen molar-refractivity contribution in [3.8, 4) is 11.5 Å². The molecule has 0 fully saturated rings. The molecule has 1 amide bonds. The summed E-state index contributed by atoms with van der Waals surface area (Å²) in [6.07, 6.45) is 0.00952. The van der Waals surface area contributed by atoms with Crippen molar-refractivity contribution >= 4 is 11.6 Å². The van der Waals surface area contributed by atoms with Crippen molar-refractivity contribution in [3.63, 3.8) is 0 Å². The number of rotatable bonds is 7. The summed E-state index contributed by atoms with van der Waals surface area (Å²) < 4.78 is 10.3. The zero-order chi connectivity index (χ0) is 14.4. The van der Waals surface area contributed by atoms with E-state index in [0.717, 1.165) is 0 Å². The van der Waals surface area contributed by atoms with E-state index < -0.39 is 10.8 Å². The maximum Gasteiger partial charge on any atom is 0.277 e. The Labute approximate surface area is 109 Å². The second-order valence-corrected chi connectivity index (χ2v) is 3.66. The third kappa shape index (κ3) is 3.81. The van der Waals surface area contributed by atoms with Crippen LogP contribution in [0.25, 0.3) is 0 Å². The molecule has 0 atom stereocenters. The average molecular weight is 269 g/mol. The van der Waals surface area contributed by atoms with Crippen molar-refractivity contribution in [2.75, 3.05) is 13.7 Å². The summed E-state index contributed by atoms with van der Waals surface area (Å²) in [5.74, 6) is -0.0322. The second kappa shape index (κ2) is 6.55. The van der Waals surface area contributed by atoms with Gasteiger partial charge in [-0.25, -0.2) is 0 Å². The Morgan fingerprint density at radius 3 is 2.58 bits per heavy atom. The standard InChI is InChI=1S/C11H15N3O5/c1-18-9-4-7(6-12)8(14(16)17)5-10(9)19-3-2-11(13)15/h4-5H,2-3,6,12H2,1H3,(H2,13,15). The predicted octanol–water partition coefficient (Wildman–Crippen LogP) is 0.316. The first-order valence-corrected chi connectivity index (χ1v) is 5.46. The van der Waals surface area contributed by atoms with Gasteiger partial charge in [-0.1, -0.05) is 0 Å². The van der Waals surface area contributed by atoms with Gasteiger partial charge in [0.25, 0.3) is 5.69 Å². The van der Waals surface area contributed by atoms with Gasteiger partial charge < -0.3 is 20.9 Å².